The van der Waals surface area contributed by atoms with Crippen molar-refractivity contribution >= 4 is 5.91 Å². The normalized spacial score (nSPS) is 13.0. The lowest BCUT2D eigenvalue weighted by Crippen LogP contribution is -2.62. The monoisotopic (exact) mass is 344 g/mol. The Bertz CT molecular complexity index is 636. The minimum Gasteiger partial charge on any atom is -0.494 e. The molecular weight excluding hydrogens is 320 g/mol. The van der Waals surface area contributed by atoms with E-state index in [1.807, 2.05) is 36.4 Å². The molecule has 0 aliphatic carbocycles. The first-order valence-electron chi connectivity index (χ1n) is 8.27. The van der Waals surface area contributed by atoms with Crippen molar-refractivity contribution in [3.63, 3.8) is 0 Å². The van der Waals surface area contributed by atoms with Crippen molar-refractivity contribution in [1.29, 1.82) is 0 Å². The van der Waals surface area contributed by atoms with Gasteiger partial charge in [-0.15, -0.1) is 0 Å². The molecule has 0 radical (unpaired) electrons. The summed E-state index contributed by atoms with van der Waals surface area (Å²) in [4.78, 5) is 12.0. The van der Waals surface area contributed by atoms with Gasteiger partial charge in [0.05, 0.1) is 13.2 Å². The number of hydrogen-bond donors (Lipinski definition) is 2. The van der Waals surface area contributed by atoms with Gasteiger partial charge in [-0.25, -0.2) is 5.32 Å². The van der Waals surface area contributed by atoms with Crippen molar-refractivity contribution in [2.24, 2.45) is 5.73 Å². The van der Waals surface area contributed by atoms with Crippen LogP contribution in [0, 0.1) is 0 Å². The molecule has 0 heterocycles. The number of carbonyl (C=O) groups excluding carboxylic acids is 1. The van der Waals surface area contributed by atoms with Crippen LogP contribution in [0.15, 0.2) is 60.7 Å². The number of amides is 1. The fraction of sp³-hybridized carbons (Fsp3) is 0.316. The summed E-state index contributed by atoms with van der Waals surface area (Å²) in [5.74, 6) is -1.15. The number of ether oxygens (including phenoxy) is 3. The minimum absolute atomic E-state index is 0.267. The van der Waals surface area contributed by atoms with Gasteiger partial charge >= 0.3 is 11.8 Å². The largest absolute Gasteiger partial charge is 0.494 e. The molecule has 2 rings (SSSR count). The molecule has 6 nitrogen and oxygen atoms in total. The second-order valence-corrected chi connectivity index (χ2v) is 5.27. The van der Waals surface area contributed by atoms with Crippen LogP contribution in [0.4, 0.5) is 0 Å². The molecular formula is C19H24N2O4. The lowest BCUT2D eigenvalue weighted by molar-refractivity contribution is -0.204. The third kappa shape index (κ3) is 5.77. The van der Waals surface area contributed by atoms with Crippen LogP contribution >= 0.6 is 0 Å². The van der Waals surface area contributed by atoms with Gasteiger partial charge < -0.3 is 19.9 Å². The molecule has 1 amide bonds. The average molecular weight is 344 g/mol. The summed E-state index contributed by atoms with van der Waals surface area (Å²) >= 11 is 0. The number of carbonyl (C=O) groups is 1. The maximum atomic E-state index is 12.0. The Balaban J connectivity index is 1.90. The molecule has 2 aromatic carbocycles. The SMILES string of the molecule is CCOC(NCCCOc1ccccc1)(Oc1ccccc1)C(N)=O. The molecule has 2 aromatic rings. The number of hydrogen-bond acceptors (Lipinski definition) is 5. The van der Waals surface area contributed by atoms with Crippen molar-refractivity contribution in [1.82, 2.24) is 5.32 Å². The third-order valence-electron chi connectivity index (χ3n) is 3.37. The van der Waals surface area contributed by atoms with E-state index in [1.54, 1.807) is 31.2 Å². The molecule has 0 aliphatic rings. The third-order valence-corrected chi connectivity index (χ3v) is 3.37. The molecule has 0 saturated carbocycles. The first-order chi connectivity index (χ1) is 12.2. The second-order valence-electron chi connectivity index (χ2n) is 5.27. The second kappa shape index (κ2) is 9.66. The van der Waals surface area contributed by atoms with Gasteiger partial charge in [0, 0.05) is 6.54 Å². The highest BCUT2D eigenvalue weighted by atomic mass is 16.7. The van der Waals surface area contributed by atoms with Crippen LogP contribution in [0.5, 0.6) is 11.5 Å². The maximum absolute atomic E-state index is 12.0. The van der Waals surface area contributed by atoms with Crippen molar-refractivity contribution in [2.45, 2.75) is 19.3 Å². The molecule has 1 unspecified atom stereocenters. The number of primary amides is 1. The van der Waals surface area contributed by atoms with E-state index in [9.17, 15) is 4.79 Å². The number of nitrogens with two attached hydrogens (primary N) is 1. The molecule has 25 heavy (non-hydrogen) atoms. The molecule has 0 spiro atoms. The van der Waals surface area contributed by atoms with E-state index in [0.29, 0.717) is 25.3 Å². The Hall–Kier alpha value is -2.57. The van der Waals surface area contributed by atoms with Crippen LogP contribution in [0.2, 0.25) is 0 Å². The topological polar surface area (TPSA) is 82.8 Å². The highest BCUT2D eigenvalue weighted by Gasteiger charge is 2.40. The summed E-state index contributed by atoms with van der Waals surface area (Å²) in [7, 11) is 0. The van der Waals surface area contributed by atoms with E-state index >= 15 is 0 Å². The van der Waals surface area contributed by atoms with Crippen LogP contribution in [0.3, 0.4) is 0 Å². The lowest BCUT2D eigenvalue weighted by atomic mass is 10.3. The summed E-state index contributed by atoms with van der Waals surface area (Å²) in [5, 5.41) is 2.97. The Labute approximate surface area is 147 Å². The fourth-order valence-corrected chi connectivity index (χ4v) is 2.21. The molecule has 0 fully saturated rings. The Kier molecular flexibility index (Phi) is 7.25. The summed E-state index contributed by atoms with van der Waals surface area (Å²) in [5.41, 5.74) is 5.53. The zero-order chi connectivity index (χ0) is 18.0. The number of rotatable bonds is 11. The molecule has 134 valence electrons. The predicted octanol–water partition coefficient (Wildman–Crippen LogP) is 2.30. The van der Waals surface area contributed by atoms with Crippen molar-refractivity contribution in [3.8, 4) is 11.5 Å². The molecule has 3 N–H and O–H groups in total. The molecule has 1 atom stereocenters. The molecule has 0 bridgehead atoms. The predicted molar refractivity (Wildman–Crippen MR) is 95.2 cm³/mol. The van der Waals surface area contributed by atoms with Gasteiger partial charge in [-0.05, 0) is 37.6 Å². The summed E-state index contributed by atoms with van der Waals surface area (Å²) in [6, 6.07) is 18.5. The first-order valence-corrected chi connectivity index (χ1v) is 8.27. The average Bonchev–Trinajstić information content (AvgIpc) is 2.63. The highest BCUT2D eigenvalue weighted by molar-refractivity contribution is 5.81. The van der Waals surface area contributed by atoms with E-state index in [0.717, 1.165) is 5.75 Å². The van der Waals surface area contributed by atoms with E-state index in [2.05, 4.69) is 5.32 Å². The smallest absolute Gasteiger partial charge is 0.353 e. The van der Waals surface area contributed by atoms with Gasteiger partial charge in [0.1, 0.15) is 11.5 Å². The van der Waals surface area contributed by atoms with E-state index in [-0.39, 0.29) is 6.61 Å². The standard InChI is InChI=1S/C19H24N2O4/c1-2-24-19(18(20)22,25-17-12-7-4-8-13-17)21-14-9-15-23-16-10-5-3-6-11-16/h3-8,10-13,21H,2,9,14-15H2,1H3,(H2,20,22). The van der Waals surface area contributed by atoms with Crippen molar-refractivity contribution < 1.29 is 19.0 Å². The van der Waals surface area contributed by atoms with Crippen LogP contribution < -0.4 is 20.5 Å². The Morgan fingerprint density at radius 2 is 1.64 bits per heavy atom. The summed E-state index contributed by atoms with van der Waals surface area (Å²) < 4.78 is 16.9. The van der Waals surface area contributed by atoms with E-state index in [4.69, 9.17) is 19.9 Å². The molecule has 0 aromatic heterocycles. The van der Waals surface area contributed by atoms with E-state index < -0.39 is 11.8 Å². The Morgan fingerprint density at radius 3 is 2.20 bits per heavy atom. The van der Waals surface area contributed by atoms with Crippen LogP contribution in [0.1, 0.15) is 13.3 Å². The number of benzene rings is 2. The van der Waals surface area contributed by atoms with Gasteiger partial charge in [-0.1, -0.05) is 36.4 Å². The molecule has 6 heteroatoms. The van der Waals surface area contributed by atoms with Gasteiger partial charge in [0.2, 0.25) is 0 Å². The van der Waals surface area contributed by atoms with Crippen LogP contribution in [0.25, 0.3) is 0 Å². The highest BCUT2D eigenvalue weighted by Crippen LogP contribution is 2.18. The van der Waals surface area contributed by atoms with Gasteiger partial charge in [-0.3, -0.25) is 4.79 Å². The van der Waals surface area contributed by atoms with Crippen LogP contribution in [-0.2, 0) is 9.53 Å². The fourth-order valence-electron chi connectivity index (χ4n) is 2.21. The van der Waals surface area contributed by atoms with E-state index in [1.165, 1.54) is 0 Å². The Morgan fingerprint density at radius 1 is 1.04 bits per heavy atom. The van der Waals surface area contributed by atoms with Crippen LogP contribution in [-0.4, -0.2) is 31.6 Å². The zero-order valence-electron chi connectivity index (χ0n) is 14.3. The lowest BCUT2D eigenvalue weighted by Gasteiger charge is -2.31. The molecule has 0 aliphatic heterocycles. The summed E-state index contributed by atoms with van der Waals surface area (Å²) in [6.07, 6.45) is 0.648. The quantitative estimate of drug-likeness (QED) is 0.483. The first kappa shape index (κ1) is 18.8. The maximum Gasteiger partial charge on any atom is 0.353 e. The van der Waals surface area contributed by atoms with Crippen molar-refractivity contribution in [2.75, 3.05) is 19.8 Å². The van der Waals surface area contributed by atoms with Gasteiger partial charge in [0.25, 0.3) is 0 Å². The number of para-hydroxylation sites is 2. The van der Waals surface area contributed by atoms with Crippen molar-refractivity contribution in [3.05, 3.63) is 60.7 Å². The minimum atomic E-state index is -1.71. The molecule has 0 saturated heterocycles. The van der Waals surface area contributed by atoms with Gasteiger partial charge in [0.15, 0.2) is 0 Å². The van der Waals surface area contributed by atoms with Gasteiger partial charge in [-0.2, -0.15) is 0 Å². The zero-order valence-corrected chi connectivity index (χ0v) is 14.3. The summed E-state index contributed by atoms with van der Waals surface area (Å²) in [6.45, 7) is 2.96. The number of nitrogens with one attached hydrogen (secondary N) is 1.